The summed E-state index contributed by atoms with van der Waals surface area (Å²) in [4.78, 5) is 14.4. The largest absolute Gasteiger partial charge is 0.494 e. The molecular formula is C19H30N2O2. The Morgan fingerprint density at radius 3 is 2.83 bits per heavy atom. The van der Waals surface area contributed by atoms with Gasteiger partial charge < -0.3 is 10.1 Å². The number of benzene rings is 1. The van der Waals surface area contributed by atoms with Gasteiger partial charge in [-0.25, -0.2) is 0 Å². The number of carbonyl (C=O) groups excluding carboxylic acids is 1. The van der Waals surface area contributed by atoms with Crippen molar-refractivity contribution in [2.24, 2.45) is 0 Å². The molecule has 0 aliphatic heterocycles. The van der Waals surface area contributed by atoms with E-state index >= 15 is 0 Å². The Hall–Kier alpha value is -1.55. The van der Waals surface area contributed by atoms with Crippen molar-refractivity contribution in [1.82, 2.24) is 4.90 Å². The minimum atomic E-state index is 0.0452. The zero-order valence-electron chi connectivity index (χ0n) is 14.5. The van der Waals surface area contributed by atoms with Gasteiger partial charge in [0.15, 0.2) is 0 Å². The van der Waals surface area contributed by atoms with Crippen molar-refractivity contribution in [1.29, 1.82) is 0 Å². The van der Waals surface area contributed by atoms with E-state index in [9.17, 15) is 4.79 Å². The van der Waals surface area contributed by atoms with Gasteiger partial charge in [0.1, 0.15) is 5.75 Å². The summed E-state index contributed by atoms with van der Waals surface area (Å²) < 4.78 is 5.68. The van der Waals surface area contributed by atoms with Crippen LogP contribution in [0.25, 0.3) is 0 Å². The molecule has 1 aliphatic carbocycles. The fourth-order valence-electron chi connectivity index (χ4n) is 3.08. The molecule has 0 aromatic heterocycles. The minimum Gasteiger partial charge on any atom is -0.494 e. The molecule has 2 rings (SSSR count). The number of ether oxygens (including phenoxy) is 1. The lowest BCUT2D eigenvalue weighted by Gasteiger charge is -2.30. The van der Waals surface area contributed by atoms with Gasteiger partial charge in [-0.15, -0.1) is 0 Å². The molecule has 23 heavy (non-hydrogen) atoms. The second-order valence-corrected chi connectivity index (χ2v) is 6.48. The van der Waals surface area contributed by atoms with Crippen LogP contribution in [0.1, 0.15) is 51.9 Å². The molecule has 1 saturated carbocycles. The number of hydrogen-bond acceptors (Lipinski definition) is 3. The van der Waals surface area contributed by atoms with Gasteiger partial charge >= 0.3 is 0 Å². The molecule has 0 spiro atoms. The molecule has 0 radical (unpaired) electrons. The van der Waals surface area contributed by atoms with Crippen molar-refractivity contribution in [2.45, 2.75) is 57.9 Å². The lowest BCUT2D eigenvalue weighted by atomic mass is 9.94. The highest BCUT2D eigenvalue weighted by molar-refractivity contribution is 5.92. The number of likely N-dealkylation sites (N-methyl/N-ethyl adjacent to an activating group) is 1. The molecular weight excluding hydrogens is 288 g/mol. The normalized spacial score (nSPS) is 15.6. The van der Waals surface area contributed by atoms with Gasteiger partial charge in [-0.05, 0) is 38.4 Å². The predicted molar refractivity (Wildman–Crippen MR) is 95.0 cm³/mol. The van der Waals surface area contributed by atoms with E-state index in [1.165, 1.54) is 32.1 Å². The van der Waals surface area contributed by atoms with E-state index < -0.39 is 0 Å². The summed E-state index contributed by atoms with van der Waals surface area (Å²) in [5.74, 6) is 0.862. The van der Waals surface area contributed by atoms with E-state index in [0.29, 0.717) is 12.6 Å². The van der Waals surface area contributed by atoms with Crippen LogP contribution >= 0.6 is 0 Å². The van der Waals surface area contributed by atoms with Gasteiger partial charge in [0.05, 0.1) is 13.2 Å². The van der Waals surface area contributed by atoms with Gasteiger partial charge in [0.2, 0.25) is 5.91 Å². The predicted octanol–water partition coefficient (Wildman–Crippen LogP) is 4.07. The second-order valence-electron chi connectivity index (χ2n) is 6.48. The average Bonchev–Trinajstić information content (AvgIpc) is 2.56. The lowest BCUT2D eigenvalue weighted by Crippen LogP contribution is -2.39. The van der Waals surface area contributed by atoms with E-state index in [2.05, 4.69) is 24.2 Å². The third kappa shape index (κ3) is 6.22. The molecule has 1 N–H and O–H groups in total. The van der Waals surface area contributed by atoms with Crippen molar-refractivity contribution < 1.29 is 9.53 Å². The molecule has 0 unspecified atom stereocenters. The molecule has 0 atom stereocenters. The first kappa shape index (κ1) is 17.8. The Balaban J connectivity index is 1.80. The lowest BCUT2D eigenvalue weighted by molar-refractivity contribution is -0.117. The summed E-state index contributed by atoms with van der Waals surface area (Å²) >= 11 is 0. The van der Waals surface area contributed by atoms with Crippen LogP contribution < -0.4 is 10.1 Å². The highest BCUT2D eigenvalue weighted by Gasteiger charge is 2.19. The topological polar surface area (TPSA) is 41.6 Å². The molecule has 0 heterocycles. The molecule has 0 saturated heterocycles. The van der Waals surface area contributed by atoms with Crippen LogP contribution in [0.5, 0.6) is 5.75 Å². The van der Waals surface area contributed by atoms with Crippen molar-refractivity contribution in [3.63, 3.8) is 0 Å². The molecule has 128 valence electrons. The van der Waals surface area contributed by atoms with E-state index in [-0.39, 0.29) is 5.91 Å². The Kier molecular flexibility index (Phi) is 7.40. The van der Waals surface area contributed by atoms with Gasteiger partial charge in [-0.2, -0.15) is 0 Å². The SMILES string of the molecule is CCCCOc1cccc(NC(=O)CN(C)C2CCCCC2)c1. The van der Waals surface area contributed by atoms with Crippen LogP contribution in [0.3, 0.4) is 0 Å². The number of nitrogens with zero attached hydrogens (tertiary/aromatic N) is 1. The third-order valence-electron chi connectivity index (χ3n) is 4.48. The standard InChI is InChI=1S/C19H30N2O2/c1-3-4-13-23-18-12-8-9-16(14-18)20-19(22)15-21(2)17-10-6-5-7-11-17/h8-9,12,14,17H,3-7,10-11,13,15H2,1-2H3,(H,20,22). The van der Waals surface area contributed by atoms with Crippen molar-refractivity contribution in [3.05, 3.63) is 24.3 Å². The second kappa shape index (κ2) is 9.56. The first-order chi connectivity index (χ1) is 11.2. The van der Waals surface area contributed by atoms with Crippen LogP contribution in [0.2, 0.25) is 0 Å². The first-order valence-electron chi connectivity index (χ1n) is 8.92. The smallest absolute Gasteiger partial charge is 0.238 e. The molecule has 4 nitrogen and oxygen atoms in total. The quantitative estimate of drug-likeness (QED) is 0.735. The Morgan fingerprint density at radius 1 is 1.30 bits per heavy atom. The van der Waals surface area contributed by atoms with Gasteiger partial charge in [0.25, 0.3) is 0 Å². The number of hydrogen-bond donors (Lipinski definition) is 1. The fourth-order valence-corrected chi connectivity index (χ4v) is 3.08. The molecule has 1 fully saturated rings. The maximum atomic E-state index is 12.2. The van der Waals surface area contributed by atoms with Crippen molar-refractivity contribution >= 4 is 11.6 Å². The Labute approximate surface area is 140 Å². The first-order valence-corrected chi connectivity index (χ1v) is 8.92. The number of amides is 1. The molecule has 1 amide bonds. The zero-order valence-corrected chi connectivity index (χ0v) is 14.5. The number of nitrogens with one attached hydrogen (secondary N) is 1. The Bertz CT molecular complexity index is 484. The number of carbonyl (C=O) groups is 1. The molecule has 1 aliphatic rings. The maximum Gasteiger partial charge on any atom is 0.238 e. The maximum absolute atomic E-state index is 12.2. The molecule has 4 heteroatoms. The summed E-state index contributed by atoms with van der Waals surface area (Å²) in [5, 5.41) is 2.98. The van der Waals surface area contributed by atoms with E-state index in [4.69, 9.17) is 4.74 Å². The zero-order chi connectivity index (χ0) is 16.5. The number of rotatable bonds is 8. The highest BCUT2D eigenvalue weighted by Crippen LogP contribution is 2.22. The van der Waals surface area contributed by atoms with Crippen LogP contribution in [0.15, 0.2) is 24.3 Å². The summed E-state index contributed by atoms with van der Waals surface area (Å²) in [7, 11) is 2.06. The summed E-state index contributed by atoms with van der Waals surface area (Å²) in [5.41, 5.74) is 0.807. The summed E-state index contributed by atoms with van der Waals surface area (Å²) in [6.07, 6.45) is 8.49. The van der Waals surface area contributed by atoms with Crippen LogP contribution in [-0.2, 0) is 4.79 Å². The highest BCUT2D eigenvalue weighted by atomic mass is 16.5. The van der Waals surface area contributed by atoms with Crippen LogP contribution in [0.4, 0.5) is 5.69 Å². The summed E-state index contributed by atoms with van der Waals surface area (Å²) in [6.45, 7) is 3.31. The minimum absolute atomic E-state index is 0.0452. The van der Waals surface area contributed by atoms with E-state index in [1.807, 2.05) is 24.3 Å². The van der Waals surface area contributed by atoms with Crippen molar-refractivity contribution in [3.8, 4) is 5.75 Å². The van der Waals surface area contributed by atoms with Crippen molar-refractivity contribution in [2.75, 3.05) is 25.5 Å². The van der Waals surface area contributed by atoms with E-state index in [1.54, 1.807) is 0 Å². The third-order valence-corrected chi connectivity index (χ3v) is 4.48. The van der Waals surface area contributed by atoms with Crippen LogP contribution in [0, 0.1) is 0 Å². The monoisotopic (exact) mass is 318 g/mol. The molecule has 1 aromatic rings. The van der Waals surface area contributed by atoms with Crippen LogP contribution in [-0.4, -0.2) is 37.0 Å². The number of unbranched alkanes of at least 4 members (excludes halogenated alkanes) is 1. The fraction of sp³-hybridized carbons (Fsp3) is 0.632. The van der Waals surface area contributed by atoms with E-state index in [0.717, 1.165) is 30.9 Å². The van der Waals surface area contributed by atoms with Gasteiger partial charge in [-0.1, -0.05) is 38.7 Å². The van der Waals surface area contributed by atoms with Gasteiger partial charge in [-0.3, -0.25) is 9.69 Å². The molecule has 1 aromatic carbocycles. The molecule has 0 bridgehead atoms. The van der Waals surface area contributed by atoms with Gasteiger partial charge in [0, 0.05) is 17.8 Å². The average molecular weight is 318 g/mol. The number of anilines is 1. The summed E-state index contributed by atoms with van der Waals surface area (Å²) in [6, 6.07) is 8.21. The Morgan fingerprint density at radius 2 is 2.09 bits per heavy atom.